The summed E-state index contributed by atoms with van der Waals surface area (Å²) in [6.45, 7) is 3.52. The van der Waals surface area contributed by atoms with Crippen molar-refractivity contribution in [2.45, 2.75) is 38.5 Å². The van der Waals surface area contributed by atoms with Crippen LogP contribution in [0.4, 0.5) is 0 Å². The lowest BCUT2D eigenvalue weighted by molar-refractivity contribution is -0.0102. The lowest BCUT2D eigenvalue weighted by Gasteiger charge is -2.35. The first kappa shape index (κ1) is 13.8. The molecule has 4 N–H and O–H groups in total. The molecule has 5 heteroatoms. The number of oxime groups is 1. The number of nitrogens with two attached hydrogens (primary N) is 1. The number of hydrogen-bond donors (Lipinski definition) is 3. The fraction of sp³-hybridized carbons (Fsp3) is 0.500. The molecule has 1 aliphatic carbocycles. The van der Waals surface area contributed by atoms with E-state index in [0.717, 1.165) is 37.1 Å². The molecule has 5 nitrogen and oxygen atoms in total. The van der Waals surface area contributed by atoms with Crippen LogP contribution in [0.2, 0.25) is 0 Å². The van der Waals surface area contributed by atoms with E-state index in [1.165, 1.54) is 0 Å². The van der Waals surface area contributed by atoms with Gasteiger partial charge in [-0.2, -0.15) is 0 Å². The second kappa shape index (κ2) is 6.54. The predicted octanol–water partition coefficient (Wildman–Crippen LogP) is 1.44. The number of benzene rings is 1. The summed E-state index contributed by atoms with van der Waals surface area (Å²) in [4.78, 5) is 0. The molecule has 104 valence electrons. The van der Waals surface area contributed by atoms with Crippen LogP contribution in [-0.4, -0.2) is 29.8 Å². The van der Waals surface area contributed by atoms with E-state index in [1.54, 1.807) is 0 Å². The lowest BCUT2D eigenvalue weighted by Crippen LogP contribution is -2.45. The Morgan fingerprint density at radius 1 is 1.47 bits per heavy atom. The molecule has 1 fully saturated rings. The van der Waals surface area contributed by atoms with Crippen molar-refractivity contribution in [3.8, 4) is 0 Å². The predicted molar refractivity (Wildman–Crippen MR) is 74.2 cm³/mol. The van der Waals surface area contributed by atoms with Gasteiger partial charge in [0.15, 0.2) is 5.84 Å². The van der Waals surface area contributed by atoms with Crippen molar-refractivity contribution in [2.75, 3.05) is 6.61 Å². The SMILES string of the molecule is CCOC1CC(NCc2ccccc2/C(N)=N/O)C1. The first-order chi connectivity index (χ1) is 9.24. The lowest BCUT2D eigenvalue weighted by atomic mass is 9.89. The van der Waals surface area contributed by atoms with E-state index < -0.39 is 0 Å². The minimum atomic E-state index is 0.151. The van der Waals surface area contributed by atoms with Crippen molar-refractivity contribution in [2.24, 2.45) is 10.9 Å². The highest BCUT2D eigenvalue weighted by atomic mass is 16.5. The highest BCUT2D eigenvalue weighted by molar-refractivity contribution is 5.98. The largest absolute Gasteiger partial charge is 0.409 e. The van der Waals surface area contributed by atoms with Crippen LogP contribution in [0.1, 0.15) is 30.9 Å². The number of amidine groups is 1. The van der Waals surface area contributed by atoms with Crippen LogP contribution in [0.3, 0.4) is 0 Å². The normalized spacial score (nSPS) is 23.1. The van der Waals surface area contributed by atoms with Crippen LogP contribution in [0.15, 0.2) is 29.4 Å². The molecule has 0 radical (unpaired) electrons. The summed E-state index contributed by atoms with van der Waals surface area (Å²) in [6.07, 6.45) is 2.51. The van der Waals surface area contributed by atoms with Crippen molar-refractivity contribution >= 4 is 5.84 Å². The third-order valence-corrected chi connectivity index (χ3v) is 3.48. The molecule has 0 aliphatic heterocycles. The minimum absolute atomic E-state index is 0.151. The van der Waals surface area contributed by atoms with E-state index in [9.17, 15) is 0 Å². The van der Waals surface area contributed by atoms with Gasteiger partial charge in [-0.05, 0) is 25.3 Å². The average molecular weight is 263 g/mol. The van der Waals surface area contributed by atoms with Crippen molar-refractivity contribution < 1.29 is 9.94 Å². The van der Waals surface area contributed by atoms with Crippen LogP contribution < -0.4 is 11.1 Å². The first-order valence-electron chi connectivity index (χ1n) is 6.65. The molecule has 1 saturated carbocycles. The smallest absolute Gasteiger partial charge is 0.170 e. The van der Waals surface area contributed by atoms with Gasteiger partial charge < -0.3 is 21.0 Å². The Balaban J connectivity index is 1.87. The maximum absolute atomic E-state index is 8.77. The molecule has 1 aromatic rings. The zero-order valence-electron chi connectivity index (χ0n) is 11.2. The highest BCUT2D eigenvalue weighted by Crippen LogP contribution is 2.23. The number of hydrogen-bond acceptors (Lipinski definition) is 4. The fourth-order valence-corrected chi connectivity index (χ4v) is 2.34. The van der Waals surface area contributed by atoms with E-state index in [0.29, 0.717) is 12.1 Å². The van der Waals surface area contributed by atoms with Crippen molar-refractivity contribution in [3.05, 3.63) is 35.4 Å². The Hall–Kier alpha value is -1.59. The number of nitrogens with zero attached hydrogens (tertiary/aromatic N) is 1. The molecule has 0 saturated heterocycles. The Morgan fingerprint density at radius 3 is 2.89 bits per heavy atom. The highest BCUT2D eigenvalue weighted by Gasteiger charge is 2.28. The molecule has 0 amide bonds. The van der Waals surface area contributed by atoms with Gasteiger partial charge in [0, 0.05) is 24.8 Å². The van der Waals surface area contributed by atoms with Crippen molar-refractivity contribution in [1.82, 2.24) is 5.32 Å². The Bertz CT molecular complexity index is 442. The molecule has 0 atom stereocenters. The Kier molecular flexibility index (Phi) is 4.76. The number of rotatable bonds is 6. The van der Waals surface area contributed by atoms with E-state index in [2.05, 4.69) is 10.5 Å². The van der Waals surface area contributed by atoms with Crippen molar-refractivity contribution in [1.29, 1.82) is 0 Å². The third kappa shape index (κ3) is 3.45. The molecule has 0 aromatic heterocycles. The molecule has 0 unspecified atom stereocenters. The molecule has 19 heavy (non-hydrogen) atoms. The molecular formula is C14H21N3O2. The van der Waals surface area contributed by atoms with Gasteiger partial charge in [0.2, 0.25) is 0 Å². The summed E-state index contributed by atoms with van der Waals surface area (Å²) in [5, 5.41) is 15.3. The minimum Gasteiger partial charge on any atom is -0.409 e. The average Bonchev–Trinajstić information content (AvgIpc) is 2.40. The third-order valence-electron chi connectivity index (χ3n) is 3.48. The number of nitrogens with one attached hydrogen (secondary N) is 1. The quantitative estimate of drug-likeness (QED) is 0.314. The summed E-state index contributed by atoms with van der Waals surface area (Å²) in [6, 6.07) is 8.17. The van der Waals surface area contributed by atoms with Gasteiger partial charge in [0.1, 0.15) is 0 Å². The van der Waals surface area contributed by atoms with E-state index >= 15 is 0 Å². The number of ether oxygens (including phenoxy) is 1. The zero-order chi connectivity index (χ0) is 13.7. The van der Waals surface area contributed by atoms with Crippen LogP contribution in [0.25, 0.3) is 0 Å². The second-order valence-electron chi connectivity index (χ2n) is 4.77. The molecule has 1 aliphatic rings. The van der Waals surface area contributed by atoms with Crippen LogP contribution in [0.5, 0.6) is 0 Å². The monoisotopic (exact) mass is 263 g/mol. The van der Waals surface area contributed by atoms with Gasteiger partial charge >= 0.3 is 0 Å². The topological polar surface area (TPSA) is 79.9 Å². The molecule has 0 heterocycles. The van der Waals surface area contributed by atoms with Gasteiger partial charge in [-0.15, -0.1) is 0 Å². The summed E-state index contributed by atoms with van der Waals surface area (Å²) in [5.74, 6) is 0.151. The van der Waals surface area contributed by atoms with Gasteiger partial charge in [-0.3, -0.25) is 0 Å². The Morgan fingerprint density at radius 2 is 2.21 bits per heavy atom. The van der Waals surface area contributed by atoms with Crippen LogP contribution in [0, 0.1) is 0 Å². The van der Waals surface area contributed by atoms with Gasteiger partial charge in [0.25, 0.3) is 0 Å². The van der Waals surface area contributed by atoms with Crippen LogP contribution >= 0.6 is 0 Å². The zero-order valence-corrected chi connectivity index (χ0v) is 11.2. The molecule has 2 rings (SSSR count). The summed E-state index contributed by atoms with van der Waals surface area (Å²) in [7, 11) is 0. The summed E-state index contributed by atoms with van der Waals surface area (Å²) >= 11 is 0. The van der Waals surface area contributed by atoms with E-state index in [1.807, 2.05) is 31.2 Å². The second-order valence-corrected chi connectivity index (χ2v) is 4.77. The first-order valence-corrected chi connectivity index (χ1v) is 6.65. The summed E-state index contributed by atoms with van der Waals surface area (Å²) in [5.41, 5.74) is 7.48. The maximum atomic E-state index is 8.77. The molecule has 0 spiro atoms. The Labute approximate surface area is 113 Å². The standard InChI is InChI=1S/C14H21N3O2/c1-2-19-12-7-11(8-12)16-9-10-5-3-4-6-13(10)14(15)17-18/h3-6,11-12,16,18H,2,7-9H2,1H3,(H2,15,17). The van der Waals surface area contributed by atoms with E-state index in [4.69, 9.17) is 15.7 Å². The van der Waals surface area contributed by atoms with Gasteiger partial charge in [-0.1, -0.05) is 29.4 Å². The van der Waals surface area contributed by atoms with E-state index in [-0.39, 0.29) is 5.84 Å². The van der Waals surface area contributed by atoms with Gasteiger partial charge in [0.05, 0.1) is 6.10 Å². The molecule has 0 bridgehead atoms. The summed E-state index contributed by atoms with van der Waals surface area (Å²) < 4.78 is 5.53. The van der Waals surface area contributed by atoms with Crippen molar-refractivity contribution in [3.63, 3.8) is 0 Å². The molecular weight excluding hydrogens is 242 g/mol. The maximum Gasteiger partial charge on any atom is 0.170 e. The molecule has 1 aromatic carbocycles. The van der Waals surface area contributed by atoms with Gasteiger partial charge in [-0.25, -0.2) is 0 Å². The fourth-order valence-electron chi connectivity index (χ4n) is 2.34. The van der Waals surface area contributed by atoms with Crippen LogP contribution in [-0.2, 0) is 11.3 Å².